The average molecular weight is 529 g/mol. The van der Waals surface area contributed by atoms with Gasteiger partial charge in [-0.15, -0.1) is 0 Å². The topological polar surface area (TPSA) is 74.8 Å². The van der Waals surface area contributed by atoms with Crippen molar-refractivity contribution in [3.05, 3.63) is 82.9 Å². The van der Waals surface area contributed by atoms with E-state index in [0.29, 0.717) is 35.3 Å². The first kappa shape index (κ1) is 24.5. The molecule has 6 nitrogen and oxygen atoms in total. The highest BCUT2D eigenvalue weighted by atomic mass is 16.2. The minimum atomic E-state index is -0.222. The molecule has 0 N–H and O–H groups in total. The summed E-state index contributed by atoms with van der Waals surface area (Å²) in [5.74, 6) is -0.871. The highest BCUT2D eigenvalue weighted by Crippen LogP contribution is 2.38. The molecule has 4 amide bonds. The van der Waals surface area contributed by atoms with E-state index in [-0.39, 0.29) is 23.6 Å². The van der Waals surface area contributed by atoms with E-state index >= 15 is 0 Å². The van der Waals surface area contributed by atoms with E-state index in [9.17, 15) is 19.2 Å². The fourth-order valence-corrected chi connectivity index (χ4v) is 6.30. The van der Waals surface area contributed by atoms with Gasteiger partial charge in [0.2, 0.25) is 0 Å². The van der Waals surface area contributed by atoms with Gasteiger partial charge in [-0.2, -0.15) is 0 Å². The smallest absolute Gasteiger partial charge is 0.261 e. The second-order valence-corrected chi connectivity index (χ2v) is 10.9. The Morgan fingerprint density at radius 1 is 0.450 bits per heavy atom. The highest BCUT2D eigenvalue weighted by molar-refractivity contribution is 6.28. The first-order valence-electron chi connectivity index (χ1n) is 14.0. The van der Waals surface area contributed by atoms with Gasteiger partial charge >= 0.3 is 0 Å². The van der Waals surface area contributed by atoms with E-state index in [2.05, 4.69) is 24.3 Å². The molecule has 7 rings (SSSR count). The third-order valence-corrected chi connectivity index (χ3v) is 8.48. The number of hydrogen-bond acceptors (Lipinski definition) is 4. The van der Waals surface area contributed by atoms with Crippen molar-refractivity contribution in [1.82, 2.24) is 9.80 Å². The van der Waals surface area contributed by atoms with Crippen LogP contribution in [0.25, 0.3) is 43.1 Å². The Hall–Kier alpha value is -4.58. The van der Waals surface area contributed by atoms with Crippen molar-refractivity contribution in [3.63, 3.8) is 0 Å². The molecule has 2 aliphatic heterocycles. The number of benzene rings is 5. The molecule has 0 unspecified atom stereocenters. The zero-order chi connectivity index (χ0) is 27.7. The Kier molecular flexibility index (Phi) is 5.49. The predicted molar refractivity (Wildman–Crippen MR) is 157 cm³/mol. The maximum Gasteiger partial charge on any atom is 0.261 e. The van der Waals surface area contributed by atoms with Crippen LogP contribution in [0.15, 0.2) is 60.7 Å². The second-order valence-electron chi connectivity index (χ2n) is 10.9. The van der Waals surface area contributed by atoms with Gasteiger partial charge in [-0.05, 0) is 80.2 Å². The molecule has 5 aromatic rings. The number of unbranched alkanes of at least 4 members (excludes halogenated alkanes) is 2. The van der Waals surface area contributed by atoms with Gasteiger partial charge in [-0.1, -0.05) is 63.1 Å². The molecular weight excluding hydrogens is 500 g/mol. The van der Waals surface area contributed by atoms with E-state index < -0.39 is 0 Å². The van der Waals surface area contributed by atoms with Crippen molar-refractivity contribution in [1.29, 1.82) is 0 Å². The molecule has 40 heavy (non-hydrogen) atoms. The van der Waals surface area contributed by atoms with Crippen molar-refractivity contribution >= 4 is 66.7 Å². The average Bonchev–Trinajstić information content (AvgIpc) is 3.35. The maximum absolute atomic E-state index is 13.1. The van der Waals surface area contributed by atoms with Crippen LogP contribution in [-0.4, -0.2) is 46.5 Å². The molecule has 5 aromatic carbocycles. The molecule has 2 aliphatic rings. The Bertz CT molecular complexity index is 1830. The SMILES string of the molecule is CCCCN1C(=O)c2cc3ccc4c(ccc5c6cc7c(cc6ccc54)C(=O)N(CCCC)C7=O)c3cc2C1=O. The molecule has 6 heteroatoms. The molecule has 0 spiro atoms. The Labute approximate surface area is 231 Å². The summed E-state index contributed by atoms with van der Waals surface area (Å²) in [6.45, 7) is 4.95. The van der Waals surface area contributed by atoms with Gasteiger partial charge in [0.05, 0.1) is 22.3 Å². The number of fused-ring (bicyclic) bond motifs is 9. The van der Waals surface area contributed by atoms with Crippen LogP contribution >= 0.6 is 0 Å². The van der Waals surface area contributed by atoms with E-state index in [1.54, 1.807) is 0 Å². The summed E-state index contributed by atoms with van der Waals surface area (Å²) in [6.07, 6.45) is 3.39. The lowest BCUT2D eigenvalue weighted by Gasteiger charge is -2.12. The molecule has 198 valence electrons. The molecule has 0 fully saturated rings. The van der Waals surface area contributed by atoms with Gasteiger partial charge in [0.15, 0.2) is 0 Å². The number of carbonyl (C=O) groups is 4. The van der Waals surface area contributed by atoms with Crippen LogP contribution < -0.4 is 0 Å². The normalized spacial score (nSPS) is 14.9. The van der Waals surface area contributed by atoms with Crippen molar-refractivity contribution < 1.29 is 19.2 Å². The Morgan fingerprint density at radius 2 is 0.775 bits per heavy atom. The fourth-order valence-electron chi connectivity index (χ4n) is 6.30. The third kappa shape index (κ3) is 3.35. The molecule has 0 atom stereocenters. The number of amides is 4. The zero-order valence-corrected chi connectivity index (χ0v) is 22.5. The van der Waals surface area contributed by atoms with E-state index in [1.165, 1.54) is 9.80 Å². The van der Waals surface area contributed by atoms with Crippen LogP contribution in [0.2, 0.25) is 0 Å². The Morgan fingerprint density at radius 3 is 1.15 bits per heavy atom. The molecular formula is C34H28N2O4. The Balaban J connectivity index is 1.39. The molecule has 2 heterocycles. The maximum atomic E-state index is 13.1. The molecule has 0 bridgehead atoms. The number of hydrogen-bond donors (Lipinski definition) is 0. The summed E-state index contributed by atoms with van der Waals surface area (Å²) in [7, 11) is 0. The van der Waals surface area contributed by atoms with E-state index in [0.717, 1.165) is 68.8 Å². The van der Waals surface area contributed by atoms with Crippen molar-refractivity contribution in [3.8, 4) is 0 Å². The summed E-state index contributed by atoms with van der Waals surface area (Å²) in [5, 5.41) is 7.74. The number of nitrogens with zero attached hydrogens (tertiary/aromatic N) is 2. The van der Waals surface area contributed by atoms with Crippen molar-refractivity contribution in [2.45, 2.75) is 39.5 Å². The van der Waals surface area contributed by atoms with Gasteiger partial charge in [-0.25, -0.2) is 0 Å². The third-order valence-electron chi connectivity index (χ3n) is 8.48. The molecule has 0 aromatic heterocycles. The van der Waals surface area contributed by atoms with Gasteiger partial charge in [0, 0.05) is 13.1 Å². The first-order valence-corrected chi connectivity index (χ1v) is 14.0. The number of rotatable bonds is 6. The van der Waals surface area contributed by atoms with Crippen LogP contribution in [0.5, 0.6) is 0 Å². The predicted octanol–water partition coefficient (Wildman–Crippen LogP) is 7.09. The first-order chi connectivity index (χ1) is 19.4. The molecule has 0 saturated carbocycles. The minimum Gasteiger partial charge on any atom is -0.274 e. The van der Waals surface area contributed by atoms with E-state index in [1.807, 2.05) is 50.2 Å². The molecule has 0 saturated heterocycles. The van der Waals surface area contributed by atoms with Gasteiger partial charge in [-0.3, -0.25) is 29.0 Å². The highest BCUT2D eigenvalue weighted by Gasteiger charge is 2.36. The summed E-state index contributed by atoms with van der Waals surface area (Å²) in [4.78, 5) is 54.9. The standard InChI is InChI=1S/C34H28N2O4/c1-3-5-13-35-31(37)27-15-19-7-9-21-22-10-8-20-16-28-30(34(40)36(32(28)38)14-6-4-2)18-26(20)24(22)12-11-23(21)25(19)17-29(27)33(35)39/h7-12,15-18H,3-6,13-14H2,1-2H3. The van der Waals surface area contributed by atoms with Crippen LogP contribution in [-0.2, 0) is 0 Å². The lowest BCUT2D eigenvalue weighted by molar-refractivity contribution is 0.0636. The fraction of sp³-hybridized carbons (Fsp3) is 0.235. The summed E-state index contributed by atoms with van der Waals surface area (Å²) >= 11 is 0. The summed E-state index contributed by atoms with van der Waals surface area (Å²) in [5.41, 5.74) is 1.87. The number of carbonyl (C=O) groups excluding carboxylic acids is 4. The van der Waals surface area contributed by atoms with Gasteiger partial charge in [0.25, 0.3) is 23.6 Å². The van der Waals surface area contributed by atoms with Gasteiger partial charge < -0.3 is 0 Å². The largest absolute Gasteiger partial charge is 0.274 e. The van der Waals surface area contributed by atoms with Crippen LogP contribution in [0, 0.1) is 0 Å². The second kappa shape index (κ2) is 8.98. The molecule has 0 aliphatic carbocycles. The molecule has 0 radical (unpaired) electrons. The van der Waals surface area contributed by atoms with Crippen LogP contribution in [0.3, 0.4) is 0 Å². The van der Waals surface area contributed by atoms with Gasteiger partial charge in [0.1, 0.15) is 0 Å². The number of imide groups is 2. The quantitative estimate of drug-likeness (QED) is 0.174. The van der Waals surface area contributed by atoms with Crippen LogP contribution in [0.4, 0.5) is 0 Å². The van der Waals surface area contributed by atoms with Crippen molar-refractivity contribution in [2.24, 2.45) is 0 Å². The minimum absolute atomic E-state index is 0.214. The monoisotopic (exact) mass is 528 g/mol. The summed E-state index contributed by atoms with van der Waals surface area (Å²) < 4.78 is 0. The van der Waals surface area contributed by atoms with Crippen LogP contribution in [0.1, 0.15) is 81.0 Å². The van der Waals surface area contributed by atoms with Crippen molar-refractivity contribution in [2.75, 3.05) is 13.1 Å². The summed E-state index contributed by atoms with van der Waals surface area (Å²) in [6, 6.07) is 19.7. The lowest BCUT2D eigenvalue weighted by atomic mass is 9.91. The van der Waals surface area contributed by atoms with E-state index in [4.69, 9.17) is 0 Å². The lowest BCUT2D eigenvalue weighted by Crippen LogP contribution is -2.30. The zero-order valence-electron chi connectivity index (χ0n) is 22.5.